The van der Waals surface area contributed by atoms with Crippen LogP contribution >= 0.6 is 0 Å². The molecule has 0 aliphatic rings. The summed E-state index contributed by atoms with van der Waals surface area (Å²) in [4.78, 5) is 4.35. The second-order valence-electron chi connectivity index (χ2n) is 4.45. The van der Waals surface area contributed by atoms with Gasteiger partial charge in [-0.1, -0.05) is 30.4 Å². The summed E-state index contributed by atoms with van der Waals surface area (Å²) in [6, 6.07) is 10.6. The molecule has 2 aromatic rings. The van der Waals surface area contributed by atoms with Crippen molar-refractivity contribution in [3.8, 4) is 11.1 Å². The second-order valence-corrected chi connectivity index (χ2v) is 4.45. The third-order valence-corrected chi connectivity index (χ3v) is 3.03. The fourth-order valence-corrected chi connectivity index (χ4v) is 1.95. The normalized spacial score (nSPS) is 10.3. The molecule has 0 amide bonds. The zero-order chi connectivity index (χ0) is 12.4. The first-order valence-corrected chi connectivity index (χ1v) is 5.78. The number of aromatic nitrogens is 1. The van der Waals surface area contributed by atoms with Crippen molar-refractivity contribution in [2.75, 3.05) is 0 Å². The van der Waals surface area contributed by atoms with Crippen molar-refractivity contribution in [2.45, 2.75) is 20.8 Å². The molecule has 86 valence electrons. The summed E-state index contributed by atoms with van der Waals surface area (Å²) >= 11 is 0. The molecule has 1 heterocycles. The van der Waals surface area contributed by atoms with E-state index in [0.717, 1.165) is 11.3 Å². The van der Waals surface area contributed by atoms with E-state index in [4.69, 9.17) is 0 Å². The van der Waals surface area contributed by atoms with Crippen molar-refractivity contribution in [3.05, 3.63) is 59.9 Å². The number of rotatable bonds is 2. The number of allylic oxidation sites excluding steroid dienone is 1. The van der Waals surface area contributed by atoms with Crippen LogP contribution in [0, 0.1) is 13.8 Å². The van der Waals surface area contributed by atoms with Crippen molar-refractivity contribution in [2.24, 2.45) is 0 Å². The molecule has 0 spiro atoms. The fourth-order valence-electron chi connectivity index (χ4n) is 1.95. The fraction of sp³-hybridized carbons (Fsp3) is 0.188. The van der Waals surface area contributed by atoms with Gasteiger partial charge < -0.3 is 0 Å². The van der Waals surface area contributed by atoms with Gasteiger partial charge in [-0.25, -0.2) is 0 Å². The lowest BCUT2D eigenvalue weighted by atomic mass is 9.95. The lowest BCUT2D eigenvalue weighted by Crippen LogP contribution is -1.91. The Labute approximate surface area is 103 Å². The smallest absolute Gasteiger partial charge is 0.0451 e. The molecule has 0 aliphatic heterocycles. The molecule has 0 fully saturated rings. The van der Waals surface area contributed by atoms with Crippen molar-refractivity contribution in [3.63, 3.8) is 0 Å². The average molecular weight is 223 g/mol. The highest BCUT2D eigenvalue weighted by Gasteiger charge is 2.06. The Kier molecular flexibility index (Phi) is 3.10. The third kappa shape index (κ3) is 2.28. The van der Waals surface area contributed by atoms with Gasteiger partial charge in [-0.3, -0.25) is 4.98 Å². The van der Waals surface area contributed by atoms with Gasteiger partial charge >= 0.3 is 0 Å². The van der Waals surface area contributed by atoms with Crippen LogP contribution < -0.4 is 0 Å². The van der Waals surface area contributed by atoms with Crippen LogP contribution in [-0.2, 0) is 0 Å². The summed E-state index contributed by atoms with van der Waals surface area (Å²) < 4.78 is 0. The van der Waals surface area contributed by atoms with E-state index in [1.54, 1.807) is 0 Å². The molecule has 1 heteroatoms. The second kappa shape index (κ2) is 4.54. The quantitative estimate of drug-likeness (QED) is 0.735. The Balaban J connectivity index is 2.63. The van der Waals surface area contributed by atoms with E-state index in [9.17, 15) is 0 Å². The maximum absolute atomic E-state index is 4.35. The van der Waals surface area contributed by atoms with Crippen LogP contribution in [-0.4, -0.2) is 4.98 Å². The Bertz CT molecular complexity index is 567. The number of benzene rings is 1. The minimum absolute atomic E-state index is 1.06. The molecule has 17 heavy (non-hydrogen) atoms. The molecule has 0 bridgehead atoms. The molecule has 0 N–H and O–H groups in total. The maximum atomic E-state index is 4.35. The van der Waals surface area contributed by atoms with Crippen LogP contribution in [0.25, 0.3) is 16.7 Å². The van der Waals surface area contributed by atoms with E-state index in [1.165, 1.54) is 22.3 Å². The van der Waals surface area contributed by atoms with Crippen LogP contribution in [0.1, 0.15) is 23.7 Å². The number of nitrogens with zero attached hydrogens (tertiary/aromatic N) is 1. The number of hydrogen-bond donors (Lipinski definition) is 0. The van der Waals surface area contributed by atoms with E-state index >= 15 is 0 Å². The zero-order valence-corrected chi connectivity index (χ0v) is 10.6. The van der Waals surface area contributed by atoms with Gasteiger partial charge in [0.15, 0.2) is 0 Å². The lowest BCUT2D eigenvalue weighted by Gasteiger charge is -2.11. The van der Waals surface area contributed by atoms with E-state index in [-0.39, 0.29) is 0 Å². The van der Waals surface area contributed by atoms with Crippen LogP contribution in [0.3, 0.4) is 0 Å². The molecule has 0 saturated carbocycles. The molecule has 0 unspecified atom stereocenters. The van der Waals surface area contributed by atoms with E-state index in [2.05, 4.69) is 42.8 Å². The molecule has 2 rings (SSSR count). The Morgan fingerprint density at radius 2 is 1.88 bits per heavy atom. The summed E-state index contributed by atoms with van der Waals surface area (Å²) in [6.07, 6.45) is 1.83. The standard InChI is InChI=1S/C16H17N/c1-11(2)14-8-7-12(3)16(10-14)15-6-5-9-17-13(15)4/h5-10H,1H2,2-4H3. The summed E-state index contributed by atoms with van der Waals surface area (Å²) in [5.74, 6) is 0. The zero-order valence-electron chi connectivity index (χ0n) is 10.6. The summed E-state index contributed by atoms with van der Waals surface area (Å²) in [6.45, 7) is 10.2. The molecule has 1 aromatic carbocycles. The first-order chi connectivity index (χ1) is 8.09. The van der Waals surface area contributed by atoms with Gasteiger partial charge in [0.05, 0.1) is 0 Å². The summed E-state index contributed by atoms with van der Waals surface area (Å²) in [5.41, 5.74) is 7.06. The van der Waals surface area contributed by atoms with Gasteiger partial charge in [0, 0.05) is 17.5 Å². The Hall–Kier alpha value is -1.89. The first-order valence-electron chi connectivity index (χ1n) is 5.78. The molecule has 0 atom stereocenters. The van der Waals surface area contributed by atoms with Crippen LogP contribution in [0.5, 0.6) is 0 Å². The lowest BCUT2D eigenvalue weighted by molar-refractivity contribution is 1.20. The van der Waals surface area contributed by atoms with E-state index in [1.807, 2.05) is 26.1 Å². The van der Waals surface area contributed by atoms with Gasteiger partial charge in [0.1, 0.15) is 0 Å². The van der Waals surface area contributed by atoms with Gasteiger partial charge in [0.2, 0.25) is 0 Å². The van der Waals surface area contributed by atoms with Gasteiger partial charge in [-0.15, -0.1) is 0 Å². The predicted octanol–water partition coefficient (Wildman–Crippen LogP) is 4.40. The van der Waals surface area contributed by atoms with Gasteiger partial charge in [0.25, 0.3) is 0 Å². The molecule has 0 aliphatic carbocycles. The molecule has 1 aromatic heterocycles. The van der Waals surface area contributed by atoms with Gasteiger partial charge in [-0.2, -0.15) is 0 Å². The monoisotopic (exact) mass is 223 g/mol. The minimum atomic E-state index is 1.06. The van der Waals surface area contributed by atoms with Crippen molar-refractivity contribution < 1.29 is 0 Å². The maximum Gasteiger partial charge on any atom is 0.0451 e. The van der Waals surface area contributed by atoms with Crippen LogP contribution in [0.15, 0.2) is 43.1 Å². The largest absolute Gasteiger partial charge is 0.261 e. The highest BCUT2D eigenvalue weighted by Crippen LogP contribution is 2.28. The van der Waals surface area contributed by atoms with Crippen molar-refractivity contribution in [1.82, 2.24) is 4.98 Å². The van der Waals surface area contributed by atoms with Gasteiger partial charge in [-0.05, 0) is 49.6 Å². The number of pyridine rings is 1. The topological polar surface area (TPSA) is 12.9 Å². The van der Waals surface area contributed by atoms with Crippen molar-refractivity contribution >= 4 is 5.57 Å². The average Bonchev–Trinajstić information content (AvgIpc) is 2.30. The highest BCUT2D eigenvalue weighted by molar-refractivity contribution is 5.74. The number of hydrogen-bond acceptors (Lipinski definition) is 1. The minimum Gasteiger partial charge on any atom is -0.261 e. The van der Waals surface area contributed by atoms with Crippen LogP contribution in [0.4, 0.5) is 0 Å². The molecular weight excluding hydrogens is 206 g/mol. The molecular formula is C16H17N. The summed E-state index contributed by atoms with van der Waals surface area (Å²) in [5, 5.41) is 0. The molecule has 0 radical (unpaired) electrons. The Morgan fingerprint density at radius 3 is 2.53 bits per heavy atom. The van der Waals surface area contributed by atoms with E-state index in [0.29, 0.717) is 0 Å². The number of aryl methyl sites for hydroxylation is 2. The van der Waals surface area contributed by atoms with Crippen molar-refractivity contribution in [1.29, 1.82) is 0 Å². The molecule has 1 nitrogen and oxygen atoms in total. The highest BCUT2D eigenvalue weighted by atomic mass is 14.7. The SMILES string of the molecule is C=C(C)c1ccc(C)c(-c2cccnc2C)c1. The van der Waals surface area contributed by atoms with Crippen LogP contribution in [0.2, 0.25) is 0 Å². The van der Waals surface area contributed by atoms with E-state index < -0.39 is 0 Å². The molecule has 0 saturated heterocycles. The Morgan fingerprint density at radius 1 is 1.12 bits per heavy atom. The first kappa shape index (κ1) is 11.6. The summed E-state index contributed by atoms with van der Waals surface area (Å²) in [7, 11) is 0. The predicted molar refractivity (Wildman–Crippen MR) is 73.9 cm³/mol. The third-order valence-electron chi connectivity index (χ3n) is 3.03.